The van der Waals surface area contributed by atoms with Crippen molar-refractivity contribution >= 4 is 18.7 Å². The molecule has 1 aromatic rings. The maximum Gasteiger partial charge on any atom is 0.433 e. The normalized spacial score (nSPS) is 20.1. The molecular formula is C16H21F3N2O2S. The Balaban J connectivity index is 2.11. The predicted molar refractivity (Wildman–Crippen MR) is 86.9 cm³/mol. The van der Waals surface area contributed by atoms with Crippen LogP contribution in [0.2, 0.25) is 0 Å². The number of halogens is 3. The number of carbonyl (C=O) groups is 1. The maximum atomic E-state index is 13.1. The van der Waals surface area contributed by atoms with Crippen molar-refractivity contribution in [3.05, 3.63) is 29.6 Å². The molecule has 8 heteroatoms. The van der Waals surface area contributed by atoms with E-state index in [0.717, 1.165) is 6.20 Å². The fraction of sp³-hybridized carbons (Fsp3) is 0.625. The van der Waals surface area contributed by atoms with E-state index in [4.69, 9.17) is 4.74 Å². The van der Waals surface area contributed by atoms with Crippen LogP contribution in [0.15, 0.2) is 18.3 Å². The van der Waals surface area contributed by atoms with E-state index < -0.39 is 28.8 Å². The van der Waals surface area contributed by atoms with Crippen molar-refractivity contribution in [3.8, 4) is 0 Å². The molecule has 0 aliphatic carbocycles. The molecule has 24 heavy (non-hydrogen) atoms. The quantitative estimate of drug-likeness (QED) is 0.797. The molecule has 2 rings (SSSR count). The van der Waals surface area contributed by atoms with Crippen molar-refractivity contribution in [1.82, 2.24) is 9.88 Å². The van der Waals surface area contributed by atoms with Crippen LogP contribution in [0.1, 0.15) is 43.7 Å². The van der Waals surface area contributed by atoms with Gasteiger partial charge in [-0.05, 0) is 44.7 Å². The summed E-state index contributed by atoms with van der Waals surface area (Å²) < 4.78 is 44.6. The van der Waals surface area contributed by atoms with Gasteiger partial charge in [0, 0.05) is 24.5 Å². The summed E-state index contributed by atoms with van der Waals surface area (Å²) in [5.74, 6) is -0.189. The minimum atomic E-state index is -4.53. The molecule has 2 heterocycles. The van der Waals surface area contributed by atoms with Crippen molar-refractivity contribution in [3.63, 3.8) is 0 Å². The van der Waals surface area contributed by atoms with Crippen LogP contribution in [-0.4, -0.2) is 34.7 Å². The van der Waals surface area contributed by atoms with Crippen molar-refractivity contribution < 1.29 is 22.7 Å². The van der Waals surface area contributed by atoms with Gasteiger partial charge in [-0.2, -0.15) is 25.8 Å². The van der Waals surface area contributed by atoms with E-state index in [-0.39, 0.29) is 11.5 Å². The van der Waals surface area contributed by atoms with E-state index in [1.807, 2.05) is 0 Å². The summed E-state index contributed by atoms with van der Waals surface area (Å²) >= 11 is 4.39. The van der Waals surface area contributed by atoms with Gasteiger partial charge in [0.15, 0.2) is 0 Å². The number of aromatic nitrogens is 1. The standard InChI is InChI=1S/C16H21F3N2O2S/c1-15(2,3)23-14(22)21-8-6-10(9-21)12(24)11-5-4-7-20-13(11)16(17,18)19/h4-5,7,10,12,24H,6,8-9H2,1-3H3/t10-,12?/m0/s1. The summed E-state index contributed by atoms with van der Waals surface area (Å²) in [5.41, 5.74) is -1.48. The molecule has 0 aromatic carbocycles. The first-order valence-corrected chi connectivity index (χ1v) is 8.19. The molecule has 0 spiro atoms. The average Bonchev–Trinajstić information content (AvgIpc) is 2.93. The molecule has 0 N–H and O–H groups in total. The van der Waals surface area contributed by atoms with E-state index in [1.54, 1.807) is 20.8 Å². The van der Waals surface area contributed by atoms with Crippen molar-refractivity contribution in [1.29, 1.82) is 0 Å². The van der Waals surface area contributed by atoms with E-state index in [1.165, 1.54) is 17.0 Å². The van der Waals surface area contributed by atoms with Gasteiger partial charge in [0.1, 0.15) is 11.3 Å². The minimum absolute atomic E-state index is 0.0457. The number of thiol groups is 1. The lowest BCUT2D eigenvalue weighted by Crippen LogP contribution is -2.35. The van der Waals surface area contributed by atoms with Crippen LogP contribution in [-0.2, 0) is 10.9 Å². The average molecular weight is 362 g/mol. The molecule has 0 bridgehead atoms. The van der Waals surface area contributed by atoms with Crippen LogP contribution in [0.4, 0.5) is 18.0 Å². The monoisotopic (exact) mass is 362 g/mol. The van der Waals surface area contributed by atoms with Crippen molar-refractivity contribution in [2.75, 3.05) is 13.1 Å². The Bertz CT molecular complexity index is 602. The smallest absolute Gasteiger partial charge is 0.433 e. The topological polar surface area (TPSA) is 42.4 Å². The highest BCUT2D eigenvalue weighted by Gasteiger charge is 2.40. The highest BCUT2D eigenvalue weighted by Crippen LogP contribution is 2.40. The number of hydrogen-bond donors (Lipinski definition) is 1. The molecule has 1 fully saturated rings. The summed E-state index contributed by atoms with van der Waals surface area (Å²) in [7, 11) is 0. The zero-order chi connectivity index (χ0) is 18.1. The number of rotatable bonds is 2. The van der Waals surface area contributed by atoms with Gasteiger partial charge in [-0.1, -0.05) is 6.07 Å². The number of pyridine rings is 1. The third-order valence-corrected chi connectivity index (χ3v) is 4.45. The summed E-state index contributed by atoms with van der Waals surface area (Å²) in [6, 6.07) is 2.86. The lowest BCUT2D eigenvalue weighted by atomic mass is 9.96. The second-order valence-electron chi connectivity index (χ2n) is 6.86. The Morgan fingerprint density at radius 1 is 1.42 bits per heavy atom. The molecule has 2 atom stereocenters. The van der Waals surface area contributed by atoms with Gasteiger partial charge in [0.05, 0.1) is 0 Å². The fourth-order valence-electron chi connectivity index (χ4n) is 2.68. The Kier molecular flexibility index (Phi) is 5.37. The Morgan fingerprint density at radius 3 is 2.67 bits per heavy atom. The van der Waals surface area contributed by atoms with Crippen LogP contribution < -0.4 is 0 Å². The van der Waals surface area contributed by atoms with Gasteiger partial charge in [0.25, 0.3) is 0 Å². The second-order valence-corrected chi connectivity index (χ2v) is 7.42. The summed E-state index contributed by atoms with van der Waals surface area (Å²) in [5, 5.41) is -0.650. The largest absolute Gasteiger partial charge is 0.444 e. The molecule has 4 nitrogen and oxygen atoms in total. The molecule has 0 saturated carbocycles. The number of likely N-dealkylation sites (tertiary alicyclic amines) is 1. The van der Waals surface area contributed by atoms with Crippen LogP contribution in [0.5, 0.6) is 0 Å². The molecule has 1 amide bonds. The second kappa shape index (κ2) is 6.82. The number of amides is 1. The highest BCUT2D eigenvalue weighted by atomic mass is 32.1. The van der Waals surface area contributed by atoms with Crippen LogP contribution >= 0.6 is 12.6 Å². The van der Waals surface area contributed by atoms with Gasteiger partial charge >= 0.3 is 12.3 Å². The van der Waals surface area contributed by atoms with Gasteiger partial charge in [-0.15, -0.1) is 0 Å². The van der Waals surface area contributed by atoms with Crippen molar-refractivity contribution in [2.24, 2.45) is 5.92 Å². The Morgan fingerprint density at radius 2 is 2.08 bits per heavy atom. The lowest BCUT2D eigenvalue weighted by molar-refractivity contribution is -0.141. The maximum absolute atomic E-state index is 13.1. The molecule has 134 valence electrons. The SMILES string of the molecule is CC(C)(C)OC(=O)N1CC[C@H](C(S)c2cccnc2C(F)(F)F)C1. The summed E-state index contributed by atoms with van der Waals surface area (Å²) in [6.07, 6.45) is -3.29. The zero-order valence-electron chi connectivity index (χ0n) is 13.8. The van der Waals surface area contributed by atoms with Gasteiger partial charge in [0.2, 0.25) is 0 Å². The van der Waals surface area contributed by atoms with Crippen LogP contribution in [0.25, 0.3) is 0 Å². The van der Waals surface area contributed by atoms with E-state index in [0.29, 0.717) is 19.5 Å². The first kappa shape index (κ1) is 18.9. The Hall–Kier alpha value is -1.44. The third-order valence-electron chi connectivity index (χ3n) is 3.75. The minimum Gasteiger partial charge on any atom is -0.444 e. The molecule has 1 unspecified atom stereocenters. The van der Waals surface area contributed by atoms with E-state index in [9.17, 15) is 18.0 Å². The van der Waals surface area contributed by atoms with E-state index in [2.05, 4.69) is 17.6 Å². The predicted octanol–water partition coefficient (Wildman–Crippen LogP) is 4.33. The lowest BCUT2D eigenvalue weighted by Gasteiger charge is -2.25. The molecular weight excluding hydrogens is 341 g/mol. The number of alkyl halides is 3. The fourth-order valence-corrected chi connectivity index (χ4v) is 3.14. The first-order chi connectivity index (χ1) is 11.0. The first-order valence-electron chi connectivity index (χ1n) is 7.67. The van der Waals surface area contributed by atoms with Crippen LogP contribution in [0.3, 0.4) is 0 Å². The summed E-state index contributed by atoms with van der Waals surface area (Å²) in [6.45, 7) is 6.06. The zero-order valence-corrected chi connectivity index (χ0v) is 14.7. The summed E-state index contributed by atoms with van der Waals surface area (Å²) in [4.78, 5) is 17.1. The molecule has 1 aliphatic heterocycles. The van der Waals surface area contributed by atoms with Gasteiger partial charge < -0.3 is 9.64 Å². The molecule has 1 aromatic heterocycles. The Labute approximate surface area is 144 Å². The van der Waals surface area contributed by atoms with Gasteiger partial charge in [-0.25, -0.2) is 4.79 Å². The molecule has 1 saturated heterocycles. The molecule has 0 radical (unpaired) electrons. The van der Waals surface area contributed by atoms with Crippen LogP contribution in [0, 0.1) is 5.92 Å². The third kappa shape index (κ3) is 4.55. The van der Waals surface area contributed by atoms with Crippen molar-refractivity contribution in [2.45, 2.75) is 44.2 Å². The number of nitrogens with zero attached hydrogens (tertiary/aromatic N) is 2. The highest BCUT2D eigenvalue weighted by molar-refractivity contribution is 7.80. The number of carbonyl (C=O) groups excluding carboxylic acids is 1. The molecule has 1 aliphatic rings. The van der Waals surface area contributed by atoms with E-state index >= 15 is 0 Å². The van der Waals surface area contributed by atoms with Gasteiger partial charge in [-0.3, -0.25) is 4.98 Å². The number of hydrogen-bond acceptors (Lipinski definition) is 4. The number of ether oxygens (including phenoxy) is 1.